The normalized spacial score (nSPS) is 43.4. The summed E-state index contributed by atoms with van der Waals surface area (Å²) in [6, 6.07) is 0. The Labute approximate surface area is 91.7 Å². The van der Waals surface area contributed by atoms with E-state index in [1.807, 2.05) is 0 Å². The smallest absolute Gasteiger partial charge is 0.0678 e. The van der Waals surface area contributed by atoms with Crippen LogP contribution in [0.4, 0.5) is 0 Å². The van der Waals surface area contributed by atoms with Crippen molar-refractivity contribution >= 4 is 0 Å². The highest BCUT2D eigenvalue weighted by Gasteiger charge is 2.34. The molecule has 2 rings (SSSR count). The van der Waals surface area contributed by atoms with Gasteiger partial charge in [-0.1, -0.05) is 0 Å². The van der Waals surface area contributed by atoms with Crippen LogP contribution in [-0.2, 0) is 9.47 Å². The minimum absolute atomic E-state index is 0.128. The fourth-order valence-corrected chi connectivity index (χ4v) is 2.61. The van der Waals surface area contributed by atoms with Crippen molar-refractivity contribution in [3.8, 4) is 0 Å². The van der Waals surface area contributed by atoms with Crippen LogP contribution < -0.4 is 5.73 Å². The predicted octanol–water partition coefficient (Wildman–Crippen LogP) is 0.213. The molecule has 0 saturated carbocycles. The summed E-state index contributed by atoms with van der Waals surface area (Å²) in [5.74, 6) is 0. The SMILES string of the molecule is C[C@@H]1CN(CC2(N)CCOC2)C[C@H](C)O1. The van der Waals surface area contributed by atoms with Crippen LogP contribution >= 0.6 is 0 Å². The maximum Gasteiger partial charge on any atom is 0.0678 e. The van der Waals surface area contributed by atoms with Gasteiger partial charge in [-0.15, -0.1) is 0 Å². The van der Waals surface area contributed by atoms with E-state index in [-0.39, 0.29) is 5.54 Å². The van der Waals surface area contributed by atoms with Gasteiger partial charge in [0.1, 0.15) is 0 Å². The Kier molecular flexibility index (Phi) is 3.30. The molecule has 2 aliphatic heterocycles. The monoisotopic (exact) mass is 214 g/mol. The van der Waals surface area contributed by atoms with Crippen LogP contribution in [0.3, 0.4) is 0 Å². The quantitative estimate of drug-likeness (QED) is 0.714. The number of hydrogen-bond acceptors (Lipinski definition) is 4. The van der Waals surface area contributed by atoms with Crippen LogP contribution in [-0.4, -0.2) is 55.5 Å². The highest BCUT2D eigenvalue weighted by Crippen LogP contribution is 2.19. The zero-order valence-corrected chi connectivity index (χ0v) is 9.74. The molecule has 0 amide bonds. The van der Waals surface area contributed by atoms with Crippen LogP contribution in [0.25, 0.3) is 0 Å². The second kappa shape index (κ2) is 4.37. The van der Waals surface area contributed by atoms with Gasteiger partial charge in [0.15, 0.2) is 0 Å². The fourth-order valence-electron chi connectivity index (χ4n) is 2.61. The van der Waals surface area contributed by atoms with E-state index in [9.17, 15) is 0 Å². The number of morpholine rings is 1. The molecular weight excluding hydrogens is 192 g/mol. The van der Waals surface area contributed by atoms with Crippen molar-refractivity contribution in [2.24, 2.45) is 5.73 Å². The molecule has 15 heavy (non-hydrogen) atoms. The molecule has 0 radical (unpaired) electrons. The molecule has 4 heteroatoms. The van der Waals surface area contributed by atoms with E-state index in [0.29, 0.717) is 18.8 Å². The number of rotatable bonds is 2. The third-order valence-corrected chi connectivity index (χ3v) is 3.17. The first-order valence-corrected chi connectivity index (χ1v) is 5.82. The molecule has 88 valence electrons. The fraction of sp³-hybridized carbons (Fsp3) is 1.00. The summed E-state index contributed by atoms with van der Waals surface area (Å²) >= 11 is 0. The topological polar surface area (TPSA) is 47.7 Å². The molecule has 0 aromatic heterocycles. The molecule has 2 heterocycles. The van der Waals surface area contributed by atoms with Gasteiger partial charge >= 0.3 is 0 Å². The lowest BCUT2D eigenvalue weighted by atomic mass is 9.99. The lowest BCUT2D eigenvalue weighted by Crippen LogP contribution is -2.55. The molecule has 0 aromatic carbocycles. The van der Waals surface area contributed by atoms with E-state index in [4.69, 9.17) is 15.2 Å². The molecule has 0 bridgehead atoms. The summed E-state index contributed by atoms with van der Waals surface area (Å²) in [6.07, 6.45) is 1.62. The lowest BCUT2D eigenvalue weighted by Gasteiger charge is -2.39. The van der Waals surface area contributed by atoms with Crippen molar-refractivity contribution in [2.75, 3.05) is 32.8 Å². The third-order valence-electron chi connectivity index (χ3n) is 3.17. The standard InChI is InChI=1S/C11H22N2O2/c1-9-5-13(6-10(2)15-9)7-11(12)3-4-14-8-11/h9-10H,3-8,12H2,1-2H3/t9-,10+,11?. The van der Waals surface area contributed by atoms with E-state index in [0.717, 1.165) is 32.7 Å². The Morgan fingerprint density at radius 2 is 2.00 bits per heavy atom. The lowest BCUT2D eigenvalue weighted by molar-refractivity contribution is -0.0728. The van der Waals surface area contributed by atoms with E-state index in [1.165, 1.54) is 0 Å². The zero-order chi connectivity index (χ0) is 10.9. The van der Waals surface area contributed by atoms with Gasteiger partial charge in [0.05, 0.1) is 24.4 Å². The maximum absolute atomic E-state index is 6.27. The van der Waals surface area contributed by atoms with Crippen molar-refractivity contribution in [1.29, 1.82) is 0 Å². The van der Waals surface area contributed by atoms with Crippen LogP contribution in [0.1, 0.15) is 20.3 Å². The van der Waals surface area contributed by atoms with Gasteiger partial charge in [-0.3, -0.25) is 4.90 Å². The Morgan fingerprint density at radius 1 is 1.33 bits per heavy atom. The molecule has 4 nitrogen and oxygen atoms in total. The molecule has 0 aliphatic carbocycles. The first kappa shape index (κ1) is 11.3. The molecule has 0 aromatic rings. The predicted molar refractivity (Wildman–Crippen MR) is 58.8 cm³/mol. The first-order chi connectivity index (χ1) is 7.07. The van der Waals surface area contributed by atoms with Gasteiger partial charge in [-0.25, -0.2) is 0 Å². The summed E-state index contributed by atoms with van der Waals surface area (Å²) in [7, 11) is 0. The van der Waals surface area contributed by atoms with E-state index < -0.39 is 0 Å². The van der Waals surface area contributed by atoms with Crippen LogP contribution in [0, 0.1) is 0 Å². The van der Waals surface area contributed by atoms with Gasteiger partial charge in [-0.05, 0) is 20.3 Å². The number of nitrogens with zero attached hydrogens (tertiary/aromatic N) is 1. The van der Waals surface area contributed by atoms with Gasteiger partial charge in [0.2, 0.25) is 0 Å². The van der Waals surface area contributed by atoms with Gasteiger partial charge in [0, 0.05) is 26.2 Å². The van der Waals surface area contributed by atoms with Gasteiger partial charge < -0.3 is 15.2 Å². The second-order valence-electron chi connectivity index (χ2n) is 5.12. The largest absolute Gasteiger partial charge is 0.379 e. The Bertz CT molecular complexity index is 207. The van der Waals surface area contributed by atoms with E-state index >= 15 is 0 Å². The third kappa shape index (κ3) is 2.91. The van der Waals surface area contributed by atoms with Crippen LogP contribution in [0.15, 0.2) is 0 Å². The minimum atomic E-state index is -0.128. The molecule has 1 unspecified atom stereocenters. The summed E-state index contributed by atoms with van der Waals surface area (Å²) in [6.45, 7) is 8.67. The molecule has 2 aliphatic rings. The van der Waals surface area contributed by atoms with E-state index in [1.54, 1.807) is 0 Å². The molecule has 2 saturated heterocycles. The second-order valence-corrected chi connectivity index (χ2v) is 5.12. The number of hydrogen-bond donors (Lipinski definition) is 1. The molecule has 3 atom stereocenters. The van der Waals surface area contributed by atoms with Crippen molar-refractivity contribution < 1.29 is 9.47 Å². The van der Waals surface area contributed by atoms with Crippen molar-refractivity contribution in [3.63, 3.8) is 0 Å². The Morgan fingerprint density at radius 3 is 2.53 bits per heavy atom. The van der Waals surface area contributed by atoms with Gasteiger partial charge in [-0.2, -0.15) is 0 Å². The molecule has 2 fully saturated rings. The van der Waals surface area contributed by atoms with Crippen LogP contribution in [0.5, 0.6) is 0 Å². The summed E-state index contributed by atoms with van der Waals surface area (Å²) in [5, 5.41) is 0. The zero-order valence-electron chi connectivity index (χ0n) is 9.74. The molecule has 2 N–H and O–H groups in total. The highest BCUT2D eigenvalue weighted by molar-refractivity contribution is 4.92. The molecule has 0 spiro atoms. The highest BCUT2D eigenvalue weighted by atomic mass is 16.5. The summed E-state index contributed by atoms with van der Waals surface area (Å²) < 4.78 is 11.1. The van der Waals surface area contributed by atoms with Crippen molar-refractivity contribution in [1.82, 2.24) is 4.90 Å². The molecular formula is C11H22N2O2. The number of nitrogens with two attached hydrogens (primary N) is 1. The average molecular weight is 214 g/mol. The van der Waals surface area contributed by atoms with E-state index in [2.05, 4.69) is 18.7 Å². The Balaban J connectivity index is 1.87. The maximum atomic E-state index is 6.27. The Hall–Kier alpha value is -0.160. The number of ether oxygens (including phenoxy) is 2. The first-order valence-electron chi connectivity index (χ1n) is 5.82. The van der Waals surface area contributed by atoms with Gasteiger partial charge in [0.25, 0.3) is 0 Å². The summed E-state index contributed by atoms with van der Waals surface area (Å²) in [4.78, 5) is 2.41. The van der Waals surface area contributed by atoms with Crippen LogP contribution in [0.2, 0.25) is 0 Å². The van der Waals surface area contributed by atoms with Crippen molar-refractivity contribution in [2.45, 2.75) is 38.0 Å². The minimum Gasteiger partial charge on any atom is -0.379 e. The van der Waals surface area contributed by atoms with Crippen molar-refractivity contribution in [3.05, 3.63) is 0 Å². The summed E-state index contributed by atoms with van der Waals surface area (Å²) in [5.41, 5.74) is 6.15. The average Bonchev–Trinajstić information content (AvgIpc) is 2.49.